The predicted molar refractivity (Wildman–Crippen MR) is 85.6 cm³/mol. The Balaban J connectivity index is 1.87. The van der Waals surface area contributed by atoms with E-state index in [9.17, 15) is 0 Å². The van der Waals surface area contributed by atoms with E-state index in [1.165, 1.54) is 35.2 Å². The van der Waals surface area contributed by atoms with Crippen molar-refractivity contribution in [1.82, 2.24) is 14.9 Å². The largest absolute Gasteiger partial charge is 0.365 e. The number of anilines is 1. The molecule has 5 heteroatoms. The van der Waals surface area contributed by atoms with Gasteiger partial charge in [-0.15, -0.1) is 11.3 Å². The molecule has 0 radical (unpaired) electrons. The first-order valence-electron chi connectivity index (χ1n) is 7.38. The molecule has 1 saturated heterocycles. The van der Waals surface area contributed by atoms with Crippen molar-refractivity contribution < 1.29 is 0 Å². The fourth-order valence-corrected chi connectivity index (χ4v) is 3.94. The molecule has 1 fully saturated rings. The summed E-state index contributed by atoms with van der Waals surface area (Å²) in [6.45, 7) is 10.0. The zero-order valence-corrected chi connectivity index (χ0v) is 13.3. The Labute approximate surface area is 124 Å². The molecule has 20 heavy (non-hydrogen) atoms. The van der Waals surface area contributed by atoms with Crippen LogP contribution in [0.5, 0.6) is 0 Å². The maximum Gasteiger partial charge on any atom is 0.138 e. The first-order valence-corrected chi connectivity index (χ1v) is 8.20. The summed E-state index contributed by atoms with van der Waals surface area (Å²) in [5.74, 6) is 1.01. The van der Waals surface area contributed by atoms with Gasteiger partial charge in [-0.25, -0.2) is 9.97 Å². The van der Waals surface area contributed by atoms with Gasteiger partial charge in [-0.05, 0) is 45.3 Å². The van der Waals surface area contributed by atoms with E-state index in [0.29, 0.717) is 6.04 Å². The van der Waals surface area contributed by atoms with Crippen molar-refractivity contribution in [2.75, 3.05) is 25.0 Å². The lowest BCUT2D eigenvalue weighted by Gasteiger charge is -2.32. The Kier molecular flexibility index (Phi) is 3.89. The van der Waals surface area contributed by atoms with Crippen LogP contribution in [0.1, 0.15) is 30.2 Å². The molecule has 0 aromatic carbocycles. The first kappa shape index (κ1) is 13.8. The highest BCUT2D eigenvalue weighted by Gasteiger charge is 2.20. The van der Waals surface area contributed by atoms with Crippen molar-refractivity contribution >= 4 is 27.4 Å². The van der Waals surface area contributed by atoms with E-state index in [1.54, 1.807) is 17.7 Å². The molecule has 1 aliphatic heterocycles. The minimum atomic E-state index is 0.501. The van der Waals surface area contributed by atoms with Gasteiger partial charge in [0.1, 0.15) is 17.0 Å². The number of hydrogen-bond acceptors (Lipinski definition) is 5. The summed E-state index contributed by atoms with van der Waals surface area (Å²) in [6, 6.07) is 0.501. The quantitative estimate of drug-likeness (QED) is 0.942. The Bertz CT molecular complexity index is 607. The average Bonchev–Trinajstić information content (AvgIpc) is 2.75. The fraction of sp³-hybridized carbons (Fsp3) is 0.600. The summed E-state index contributed by atoms with van der Waals surface area (Å²) in [5.41, 5.74) is 1.32. The van der Waals surface area contributed by atoms with E-state index in [0.717, 1.165) is 23.7 Å². The number of likely N-dealkylation sites (tertiary alicyclic amines) is 1. The summed E-state index contributed by atoms with van der Waals surface area (Å²) < 4.78 is 0. The maximum absolute atomic E-state index is 4.49. The number of nitrogens with zero attached hydrogens (tertiary/aromatic N) is 3. The van der Waals surface area contributed by atoms with E-state index in [2.05, 4.69) is 41.0 Å². The number of hydrogen-bond donors (Lipinski definition) is 1. The zero-order chi connectivity index (χ0) is 14.1. The van der Waals surface area contributed by atoms with Crippen LogP contribution in [0.4, 0.5) is 5.82 Å². The molecule has 1 N–H and O–H groups in total. The minimum Gasteiger partial charge on any atom is -0.365 e. The number of aromatic nitrogens is 2. The summed E-state index contributed by atoms with van der Waals surface area (Å²) in [7, 11) is 0. The minimum absolute atomic E-state index is 0.501. The lowest BCUT2D eigenvalue weighted by Crippen LogP contribution is -2.42. The molecular weight excluding hydrogens is 268 g/mol. The lowest BCUT2D eigenvalue weighted by molar-refractivity contribution is 0.226. The summed E-state index contributed by atoms with van der Waals surface area (Å²) in [5, 5.41) is 4.87. The number of rotatable bonds is 3. The molecule has 0 bridgehead atoms. The van der Waals surface area contributed by atoms with Crippen LogP contribution >= 0.6 is 11.3 Å². The van der Waals surface area contributed by atoms with Crippen molar-refractivity contribution in [1.29, 1.82) is 0 Å². The molecule has 1 aliphatic rings. The second-order valence-electron chi connectivity index (χ2n) is 5.56. The molecule has 0 spiro atoms. The molecule has 108 valence electrons. The Hall–Kier alpha value is -1.20. The van der Waals surface area contributed by atoms with Gasteiger partial charge in [-0.3, -0.25) is 0 Å². The van der Waals surface area contributed by atoms with Crippen LogP contribution in [-0.2, 0) is 0 Å². The van der Waals surface area contributed by atoms with Crippen molar-refractivity contribution in [3.8, 4) is 0 Å². The molecule has 0 amide bonds. The van der Waals surface area contributed by atoms with Crippen LogP contribution in [0.25, 0.3) is 10.2 Å². The van der Waals surface area contributed by atoms with Crippen molar-refractivity contribution in [3.05, 3.63) is 16.8 Å². The molecule has 3 rings (SSSR count). The SMILES string of the molecule is CCN1CCCC(Nc2ncnc3sc(C)c(C)c23)C1. The first-order chi connectivity index (χ1) is 9.69. The average molecular weight is 290 g/mol. The van der Waals surface area contributed by atoms with E-state index in [4.69, 9.17) is 0 Å². The van der Waals surface area contributed by atoms with Gasteiger partial charge in [0.2, 0.25) is 0 Å². The second kappa shape index (κ2) is 5.66. The van der Waals surface area contributed by atoms with Gasteiger partial charge in [-0.2, -0.15) is 0 Å². The molecule has 1 atom stereocenters. The second-order valence-corrected chi connectivity index (χ2v) is 6.77. The van der Waals surface area contributed by atoms with Gasteiger partial charge < -0.3 is 10.2 Å². The summed E-state index contributed by atoms with van der Waals surface area (Å²) in [6.07, 6.45) is 4.17. The monoisotopic (exact) mass is 290 g/mol. The number of aryl methyl sites for hydroxylation is 2. The molecule has 0 saturated carbocycles. The standard InChI is InChI=1S/C15H22N4S/c1-4-19-7-5-6-12(8-19)18-14-13-10(2)11(3)20-15(13)17-9-16-14/h9,12H,4-8H2,1-3H3,(H,16,17,18). The molecule has 1 unspecified atom stereocenters. The van der Waals surface area contributed by atoms with Crippen molar-refractivity contribution in [3.63, 3.8) is 0 Å². The predicted octanol–water partition coefficient (Wildman–Crippen LogP) is 3.20. The van der Waals surface area contributed by atoms with Gasteiger partial charge in [-0.1, -0.05) is 6.92 Å². The van der Waals surface area contributed by atoms with E-state index in [1.807, 2.05) is 0 Å². The van der Waals surface area contributed by atoms with Crippen LogP contribution in [0.15, 0.2) is 6.33 Å². The topological polar surface area (TPSA) is 41.0 Å². The van der Waals surface area contributed by atoms with E-state index < -0.39 is 0 Å². The highest BCUT2D eigenvalue weighted by atomic mass is 32.1. The Morgan fingerprint density at radius 2 is 2.25 bits per heavy atom. The fourth-order valence-electron chi connectivity index (χ4n) is 2.95. The lowest BCUT2D eigenvalue weighted by atomic mass is 10.1. The van der Waals surface area contributed by atoms with Crippen molar-refractivity contribution in [2.45, 2.75) is 39.7 Å². The summed E-state index contributed by atoms with van der Waals surface area (Å²) in [4.78, 5) is 13.8. The molecule has 4 nitrogen and oxygen atoms in total. The van der Waals surface area contributed by atoms with Crippen LogP contribution in [0.2, 0.25) is 0 Å². The van der Waals surface area contributed by atoms with Gasteiger partial charge in [0.25, 0.3) is 0 Å². The van der Waals surface area contributed by atoms with Gasteiger partial charge in [0, 0.05) is 17.5 Å². The zero-order valence-electron chi connectivity index (χ0n) is 12.4. The third kappa shape index (κ3) is 2.52. The number of piperidine rings is 1. The van der Waals surface area contributed by atoms with Gasteiger partial charge >= 0.3 is 0 Å². The Morgan fingerprint density at radius 3 is 3.05 bits per heavy atom. The molecule has 2 aromatic heterocycles. The van der Waals surface area contributed by atoms with E-state index >= 15 is 0 Å². The molecule has 3 heterocycles. The molecule has 2 aromatic rings. The highest BCUT2D eigenvalue weighted by Crippen LogP contribution is 2.33. The van der Waals surface area contributed by atoms with Crippen LogP contribution < -0.4 is 5.32 Å². The molecule has 0 aliphatic carbocycles. The number of thiophene rings is 1. The van der Waals surface area contributed by atoms with Crippen molar-refractivity contribution in [2.24, 2.45) is 0 Å². The van der Waals surface area contributed by atoms with Gasteiger partial charge in [0.05, 0.1) is 5.39 Å². The smallest absolute Gasteiger partial charge is 0.138 e. The number of fused-ring (bicyclic) bond motifs is 1. The van der Waals surface area contributed by atoms with Crippen LogP contribution in [-0.4, -0.2) is 40.5 Å². The van der Waals surface area contributed by atoms with Crippen LogP contribution in [0, 0.1) is 13.8 Å². The number of likely N-dealkylation sites (N-methyl/N-ethyl adjacent to an activating group) is 1. The maximum atomic E-state index is 4.49. The third-order valence-electron chi connectivity index (χ3n) is 4.26. The normalized spacial score (nSPS) is 20.4. The Morgan fingerprint density at radius 1 is 1.40 bits per heavy atom. The molecular formula is C15H22N4S. The van der Waals surface area contributed by atoms with Crippen LogP contribution in [0.3, 0.4) is 0 Å². The third-order valence-corrected chi connectivity index (χ3v) is 5.37. The van der Waals surface area contributed by atoms with Gasteiger partial charge in [0.15, 0.2) is 0 Å². The highest BCUT2D eigenvalue weighted by molar-refractivity contribution is 7.18. The number of nitrogens with one attached hydrogen (secondary N) is 1. The van der Waals surface area contributed by atoms with E-state index in [-0.39, 0.29) is 0 Å². The summed E-state index contributed by atoms with van der Waals surface area (Å²) >= 11 is 1.76.